The van der Waals surface area contributed by atoms with Crippen molar-refractivity contribution >= 4 is 21.8 Å². The Kier molecular flexibility index (Phi) is 6.88. The molecule has 10 heteroatoms. The summed E-state index contributed by atoms with van der Waals surface area (Å²) in [5.74, 6) is 0.146. The van der Waals surface area contributed by atoms with Gasteiger partial charge in [0, 0.05) is 7.05 Å². The number of allylic oxidation sites excluding steroid dienone is 1. The third-order valence-corrected chi connectivity index (χ3v) is 2.15. The largest absolute Gasteiger partial charge is 0.483 e. The van der Waals surface area contributed by atoms with Crippen LogP contribution in [0.15, 0.2) is 16.8 Å². The molecule has 118 valence electrons. The number of halogens is 6. The molecule has 0 saturated heterocycles. The number of alkyl halides is 6. The molecule has 0 aliphatic rings. The summed E-state index contributed by atoms with van der Waals surface area (Å²) in [6.07, 6.45) is -4.48. The first-order chi connectivity index (χ1) is 8.92. The Morgan fingerprint density at radius 3 is 2.20 bits per heavy atom. The average molecular weight is 368 g/mol. The van der Waals surface area contributed by atoms with Crippen LogP contribution in [0.2, 0.25) is 0 Å². The van der Waals surface area contributed by atoms with Crippen molar-refractivity contribution in [3.63, 3.8) is 0 Å². The van der Waals surface area contributed by atoms with Crippen LogP contribution in [0, 0.1) is 0 Å². The van der Waals surface area contributed by atoms with Crippen molar-refractivity contribution < 1.29 is 26.7 Å². The Morgan fingerprint density at radius 1 is 1.40 bits per heavy atom. The number of aliphatic imine (C=N–C) groups is 1. The monoisotopic (exact) mass is 367 g/mol. The summed E-state index contributed by atoms with van der Waals surface area (Å²) < 4.78 is 66.2. The number of amidine groups is 1. The minimum absolute atomic E-state index is 0.0603. The minimum atomic E-state index is -5.68. The molecular weight excluding hydrogens is 353 g/mol. The van der Waals surface area contributed by atoms with Gasteiger partial charge in [0.15, 0.2) is 18.2 Å². The molecule has 2 N–H and O–H groups in total. The van der Waals surface area contributed by atoms with Crippen molar-refractivity contribution in [2.75, 3.05) is 13.7 Å². The van der Waals surface area contributed by atoms with Crippen LogP contribution in [-0.4, -0.2) is 41.5 Å². The van der Waals surface area contributed by atoms with Gasteiger partial charge in [0.05, 0.1) is 0 Å². The molecule has 0 aliphatic carbocycles. The Morgan fingerprint density at radius 2 is 1.90 bits per heavy atom. The average Bonchev–Trinajstić information content (AvgIpc) is 2.25. The summed E-state index contributed by atoms with van der Waals surface area (Å²) in [5.41, 5.74) is 0. The van der Waals surface area contributed by atoms with Crippen molar-refractivity contribution in [2.24, 2.45) is 10.8 Å². The van der Waals surface area contributed by atoms with E-state index in [1.54, 1.807) is 6.92 Å². The second kappa shape index (κ2) is 7.21. The SMILES string of the molecule is C/C=C(OCC(F)(F)C(F)(F)F)\C(=N\C(C)Br)N(C)N. The lowest BCUT2D eigenvalue weighted by atomic mass is 10.3. The van der Waals surface area contributed by atoms with Gasteiger partial charge in [-0.15, -0.1) is 0 Å². The van der Waals surface area contributed by atoms with E-state index in [1.807, 2.05) is 0 Å². The lowest BCUT2D eigenvalue weighted by molar-refractivity contribution is -0.293. The molecule has 0 fully saturated rings. The Bertz CT molecular complexity index is 380. The highest BCUT2D eigenvalue weighted by Crippen LogP contribution is 2.35. The molecular formula is C10H15BrF5N3O. The molecule has 1 atom stereocenters. The van der Waals surface area contributed by atoms with Crippen molar-refractivity contribution in [3.05, 3.63) is 11.8 Å². The second-order valence-corrected chi connectivity index (χ2v) is 5.11. The van der Waals surface area contributed by atoms with Gasteiger partial charge in [-0.1, -0.05) is 15.9 Å². The fraction of sp³-hybridized carbons (Fsp3) is 0.700. The van der Waals surface area contributed by atoms with Crippen molar-refractivity contribution in [1.29, 1.82) is 0 Å². The van der Waals surface area contributed by atoms with Gasteiger partial charge in [-0.05, 0) is 19.9 Å². The molecule has 0 saturated carbocycles. The van der Waals surface area contributed by atoms with Crippen LogP contribution in [0.1, 0.15) is 13.8 Å². The highest BCUT2D eigenvalue weighted by atomic mass is 79.9. The van der Waals surface area contributed by atoms with E-state index in [-0.39, 0.29) is 11.6 Å². The zero-order valence-corrected chi connectivity index (χ0v) is 12.6. The van der Waals surface area contributed by atoms with Crippen LogP contribution in [0.25, 0.3) is 0 Å². The van der Waals surface area contributed by atoms with Crippen LogP contribution in [0.4, 0.5) is 22.0 Å². The third kappa shape index (κ3) is 5.61. The van der Waals surface area contributed by atoms with Crippen LogP contribution < -0.4 is 5.84 Å². The van der Waals surface area contributed by atoms with Crippen LogP contribution >= 0.6 is 15.9 Å². The summed E-state index contributed by atoms with van der Waals surface area (Å²) in [5, 5.41) is 0.957. The van der Waals surface area contributed by atoms with Crippen molar-refractivity contribution in [2.45, 2.75) is 30.9 Å². The Balaban J connectivity index is 5.06. The number of rotatable bonds is 5. The predicted molar refractivity (Wildman–Crippen MR) is 68.5 cm³/mol. The van der Waals surface area contributed by atoms with E-state index in [4.69, 9.17) is 5.84 Å². The van der Waals surface area contributed by atoms with Gasteiger partial charge in [-0.3, -0.25) is 5.01 Å². The molecule has 20 heavy (non-hydrogen) atoms. The third-order valence-electron chi connectivity index (χ3n) is 1.94. The van der Waals surface area contributed by atoms with E-state index in [0.717, 1.165) is 5.01 Å². The van der Waals surface area contributed by atoms with Crippen LogP contribution in [-0.2, 0) is 4.74 Å². The smallest absolute Gasteiger partial charge is 0.456 e. The molecule has 0 spiro atoms. The van der Waals surface area contributed by atoms with Crippen molar-refractivity contribution in [1.82, 2.24) is 5.01 Å². The molecule has 4 nitrogen and oxygen atoms in total. The lowest BCUT2D eigenvalue weighted by Crippen LogP contribution is -2.42. The first-order valence-electron chi connectivity index (χ1n) is 5.36. The first kappa shape index (κ1) is 19.1. The van der Waals surface area contributed by atoms with Crippen molar-refractivity contribution in [3.8, 4) is 0 Å². The van der Waals surface area contributed by atoms with Crippen LogP contribution in [0.3, 0.4) is 0 Å². The predicted octanol–water partition coefficient (Wildman–Crippen LogP) is 3.05. The van der Waals surface area contributed by atoms with Gasteiger partial charge in [0.25, 0.3) is 0 Å². The maximum absolute atomic E-state index is 12.8. The summed E-state index contributed by atoms with van der Waals surface area (Å²) >= 11 is 3.08. The van der Waals surface area contributed by atoms with E-state index in [0.29, 0.717) is 0 Å². The summed E-state index contributed by atoms with van der Waals surface area (Å²) in [7, 11) is 1.35. The number of nitrogens with zero attached hydrogens (tertiary/aromatic N) is 2. The standard InChI is InChI=1S/C10H15BrF5N3O/c1-4-7(8(19(3)17)18-6(2)11)20-5-9(12,13)10(14,15)16/h4,6H,5,17H2,1-3H3/b7-4+,18-8-. The van der Waals surface area contributed by atoms with Gasteiger partial charge in [0.1, 0.15) is 4.95 Å². The van der Waals surface area contributed by atoms with E-state index >= 15 is 0 Å². The molecule has 0 aromatic rings. The first-order valence-corrected chi connectivity index (χ1v) is 6.28. The van der Waals surface area contributed by atoms with E-state index in [9.17, 15) is 22.0 Å². The Labute approximate surface area is 121 Å². The molecule has 0 heterocycles. The van der Waals surface area contributed by atoms with Gasteiger partial charge in [-0.2, -0.15) is 22.0 Å². The van der Waals surface area contributed by atoms with Gasteiger partial charge in [0.2, 0.25) is 0 Å². The summed E-state index contributed by atoms with van der Waals surface area (Å²) in [6.45, 7) is 1.17. The van der Waals surface area contributed by atoms with Gasteiger partial charge >= 0.3 is 12.1 Å². The zero-order valence-electron chi connectivity index (χ0n) is 11.0. The number of likely N-dealkylation sites (N-methyl/N-ethyl adjacent to an activating group) is 1. The molecule has 0 radical (unpaired) electrons. The number of ether oxygens (including phenoxy) is 1. The quantitative estimate of drug-likeness (QED) is 0.119. The van der Waals surface area contributed by atoms with Gasteiger partial charge in [-0.25, -0.2) is 10.8 Å². The molecule has 0 aromatic heterocycles. The highest BCUT2D eigenvalue weighted by Gasteiger charge is 2.58. The number of nitrogens with two attached hydrogens (primary N) is 1. The molecule has 0 bridgehead atoms. The summed E-state index contributed by atoms with van der Waals surface area (Å²) in [6, 6.07) is 0. The van der Waals surface area contributed by atoms with E-state index in [2.05, 4.69) is 25.7 Å². The number of hydrogen-bond acceptors (Lipinski definition) is 3. The molecule has 0 rings (SSSR count). The molecule has 1 unspecified atom stereocenters. The van der Waals surface area contributed by atoms with E-state index in [1.165, 1.54) is 20.0 Å². The molecule has 0 aromatic carbocycles. The molecule has 0 aliphatic heterocycles. The Hall–Kier alpha value is -0.900. The second-order valence-electron chi connectivity index (χ2n) is 3.78. The van der Waals surface area contributed by atoms with Gasteiger partial charge < -0.3 is 4.74 Å². The fourth-order valence-corrected chi connectivity index (χ4v) is 1.22. The topological polar surface area (TPSA) is 50.8 Å². The fourth-order valence-electron chi connectivity index (χ4n) is 1.02. The van der Waals surface area contributed by atoms with Crippen LogP contribution in [0.5, 0.6) is 0 Å². The minimum Gasteiger partial charge on any atom is -0.483 e. The lowest BCUT2D eigenvalue weighted by Gasteiger charge is -2.23. The summed E-state index contributed by atoms with van der Waals surface area (Å²) in [4.78, 5) is 3.50. The normalized spacial score (nSPS) is 16.1. The zero-order chi connectivity index (χ0) is 16.1. The van der Waals surface area contributed by atoms with E-state index < -0.39 is 23.7 Å². The number of hydrogen-bond donors (Lipinski definition) is 1. The molecule has 0 amide bonds. The maximum atomic E-state index is 12.8. The number of hydrazine groups is 1. The maximum Gasteiger partial charge on any atom is 0.456 e. The highest BCUT2D eigenvalue weighted by molar-refractivity contribution is 9.09.